The Morgan fingerprint density at radius 2 is 2.11 bits per heavy atom. The zero-order chi connectivity index (χ0) is 19.2. The van der Waals surface area contributed by atoms with Crippen LogP contribution < -0.4 is 10.9 Å². The number of carbonyl (C=O) groups is 2. The maximum absolute atomic E-state index is 11.8. The summed E-state index contributed by atoms with van der Waals surface area (Å²) in [4.78, 5) is 35.1. The van der Waals surface area contributed by atoms with E-state index in [1.54, 1.807) is 19.1 Å². The van der Waals surface area contributed by atoms with Crippen LogP contribution in [0.3, 0.4) is 0 Å². The van der Waals surface area contributed by atoms with Crippen LogP contribution in [0.4, 0.5) is 10.5 Å². The van der Waals surface area contributed by atoms with Crippen molar-refractivity contribution < 1.29 is 23.5 Å². The van der Waals surface area contributed by atoms with Gasteiger partial charge in [0.1, 0.15) is 25.1 Å². The number of ether oxygens (including phenoxy) is 2. The number of amides is 1. The molecule has 0 saturated heterocycles. The minimum Gasteiger partial charge on any atom is -0.459 e. The Morgan fingerprint density at radius 3 is 2.85 bits per heavy atom. The Morgan fingerprint density at radius 1 is 1.26 bits per heavy atom. The number of anilines is 1. The maximum Gasteiger partial charge on any atom is 0.411 e. The van der Waals surface area contributed by atoms with Gasteiger partial charge in [-0.2, -0.15) is 0 Å². The molecule has 0 fully saturated rings. The van der Waals surface area contributed by atoms with E-state index in [4.69, 9.17) is 13.9 Å². The highest BCUT2D eigenvalue weighted by atomic mass is 16.5. The van der Waals surface area contributed by atoms with Gasteiger partial charge < -0.3 is 13.9 Å². The lowest BCUT2D eigenvalue weighted by molar-refractivity contribution is -0.145. The first-order valence-corrected chi connectivity index (χ1v) is 7.92. The number of aromatic nitrogens is 4. The van der Waals surface area contributed by atoms with Gasteiger partial charge in [-0.1, -0.05) is 0 Å². The number of benzene rings is 1. The van der Waals surface area contributed by atoms with Gasteiger partial charge in [0.2, 0.25) is 0 Å². The third-order valence-corrected chi connectivity index (χ3v) is 3.42. The second kappa shape index (κ2) is 8.08. The Balaban J connectivity index is 1.76. The Kier molecular flexibility index (Phi) is 5.40. The third kappa shape index (κ3) is 4.66. The molecule has 0 bridgehead atoms. The predicted molar refractivity (Wildman–Crippen MR) is 90.7 cm³/mol. The van der Waals surface area contributed by atoms with E-state index in [0.717, 1.165) is 0 Å². The number of hydrogen-bond acceptors (Lipinski definition) is 9. The van der Waals surface area contributed by atoms with Crippen molar-refractivity contribution in [3.8, 4) is 0 Å². The third-order valence-electron chi connectivity index (χ3n) is 3.42. The van der Waals surface area contributed by atoms with Gasteiger partial charge in [-0.15, -0.1) is 5.10 Å². The fraction of sp³-hybridized carbons (Fsp3) is 0.250. The summed E-state index contributed by atoms with van der Waals surface area (Å²) in [6.45, 7) is 1.63. The summed E-state index contributed by atoms with van der Waals surface area (Å²) in [6, 6.07) is 5.99. The summed E-state index contributed by atoms with van der Waals surface area (Å²) in [7, 11) is 0. The number of fused-ring (bicyclic) bond motifs is 1. The molecule has 2 aromatic heterocycles. The number of nitrogens with zero attached hydrogens (tertiary/aromatic N) is 4. The van der Waals surface area contributed by atoms with Crippen LogP contribution in [0.1, 0.15) is 12.5 Å². The maximum atomic E-state index is 11.8. The molecule has 140 valence electrons. The van der Waals surface area contributed by atoms with Gasteiger partial charge >= 0.3 is 17.7 Å². The van der Waals surface area contributed by atoms with Gasteiger partial charge in [0.25, 0.3) is 0 Å². The molecule has 1 N–H and O–H groups in total. The number of tetrazole rings is 1. The standard InChI is InChI=1S/C16H15N5O6/c1-2-25-16(24)18-11-3-4-12-10(5-14(22)27-13(12)6-11)8-26-15(23)7-21-9-17-19-20-21/h3-6,9H,2,7-8H2,1H3,(H,18,24). The van der Waals surface area contributed by atoms with Crippen LogP contribution in [-0.2, 0) is 27.4 Å². The molecule has 3 rings (SSSR count). The second-order valence-corrected chi connectivity index (χ2v) is 5.32. The molecular weight excluding hydrogens is 358 g/mol. The van der Waals surface area contributed by atoms with Gasteiger partial charge in [0, 0.05) is 28.8 Å². The van der Waals surface area contributed by atoms with Gasteiger partial charge in [-0.05, 0) is 29.5 Å². The van der Waals surface area contributed by atoms with E-state index in [-0.39, 0.29) is 25.3 Å². The topological polar surface area (TPSA) is 138 Å². The molecule has 0 aliphatic rings. The summed E-state index contributed by atoms with van der Waals surface area (Å²) < 4.78 is 16.3. The Labute approximate surface area is 151 Å². The van der Waals surface area contributed by atoms with Gasteiger partial charge in [0.05, 0.1) is 6.61 Å². The van der Waals surface area contributed by atoms with Crippen molar-refractivity contribution in [3.63, 3.8) is 0 Å². The average Bonchev–Trinajstić information content (AvgIpc) is 3.12. The minimum atomic E-state index is -0.619. The van der Waals surface area contributed by atoms with Gasteiger partial charge in [0.15, 0.2) is 0 Å². The van der Waals surface area contributed by atoms with Gasteiger partial charge in [-0.3, -0.25) is 10.1 Å². The van der Waals surface area contributed by atoms with Crippen molar-refractivity contribution in [3.05, 3.63) is 46.6 Å². The molecule has 2 heterocycles. The number of nitrogens with one attached hydrogen (secondary N) is 1. The molecule has 3 aromatic rings. The van der Waals surface area contributed by atoms with Crippen molar-refractivity contribution in [2.45, 2.75) is 20.1 Å². The van der Waals surface area contributed by atoms with Crippen molar-refractivity contribution in [1.29, 1.82) is 0 Å². The first-order valence-electron chi connectivity index (χ1n) is 7.92. The lowest BCUT2D eigenvalue weighted by Crippen LogP contribution is -2.15. The minimum absolute atomic E-state index is 0.131. The molecule has 0 atom stereocenters. The summed E-state index contributed by atoms with van der Waals surface area (Å²) in [5.74, 6) is -0.565. The molecule has 0 aliphatic heterocycles. The zero-order valence-corrected chi connectivity index (χ0v) is 14.2. The number of hydrogen-bond donors (Lipinski definition) is 1. The average molecular weight is 373 g/mol. The van der Waals surface area contributed by atoms with Crippen LogP contribution in [0.25, 0.3) is 11.0 Å². The fourth-order valence-corrected chi connectivity index (χ4v) is 2.30. The molecule has 0 aliphatic carbocycles. The van der Waals surface area contributed by atoms with Crippen LogP contribution in [0.2, 0.25) is 0 Å². The Bertz CT molecular complexity index is 1010. The van der Waals surface area contributed by atoms with Crippen LogP contribution in [0.5, 0.6) is 0 Å². The number of rotatable bonds is 6. The van der Waals surface area contributed by atoms with Crippen LogP contribution >= 0.6 is 0 Å². The molecule has 0 unspecified atom stereocenters. The number of esters is 1. The largest absolute Gasteiger partial charge is 0.459 e. The molecule has 1 aromatic carbocycles. The Hall–Kier alpha value is -3.76. The van der Waals surface area contributed by atoms with E-state index in [1.165, 1.54) is 23.1 Å². The lowest BCUT2D eigenvalue weighted by Gasteiger charge is -2.09. The molecule has 27 heavy (non-hydrogen) atoms. The van der Waals surface area contributed by atoms with E-state index in [9.17, 15) is 14.4 Å². The van der Waals surface area contributed by atoms with Crippen LogP contribution in [-0.4, -0.2) is 38.9 Å². The van der Waals surface area contributed by atoms with E-state index >= 15 is 0 Å². The lowest BCUT2D eigenvalue weighted by atomic mass is 10.1. The summed E-state index contributed by atoms with van der Waals surface area (Å²) in [6.07, 6.45) is 0.665. The van der Waals surface area contributed by atoms with E-state index < -0.39 is 17.7 Å². The van der Waals surface area contributed by atoms with Gasteiger partial charge in [-0.25, -0.2) is 14.3 Å². The van der Waals surface area contributed by atoms with Crippen molar-refractivity contribution in [1.82, 2.24) is 20.2 Å². The van der Waals surface area contributed by atoms with Crippen LogP contribution in [0, 0.1) is 0 Å². The molecule has 11 heteroatoms. The van der Waals surface area contributed by atoms with Crippen molar-refractivity contribution in [2.75, 3.05) is 11.9 Å². The van der Waals surface area contributed by atoms with E-state index in [0.29, 0.717) is 16.6 Å². The predicted octanol–water partition coefficient (Wildman–Crippen LogP) is 1.09. The highest BCUT2D eigenvalue weighted by molar-refractivity contribution is 5.90. The number of carbonyl (C=O) groups excluding carboxylic acids is 2. The quantitative estimate of drug-likeness (QED) is 0.497. The van der Waals surface area contributed by atoms with E-state index in [1.807, 2.05) is 0 Å². The summed E-state index contributed by atoms with van der Waals surface area (Å²) >= 11 is 0. The summed E-state index contributed by atoms with van der Waals surface area (Å²) in [5.41, 5.74) is 0.497. The SMILES string of the molecule is CCOC(=O)Nc1ccc2c(COC(=O)Cn3cnnn3)cc(=O)oc2c1. The molecule has 11 nitrogen and oxygen atoms in total. The zero-order valence-electron chi connectivity index (χ0n) is 14.2. The molecular formula is C16H15N5O6. The first-order chi connectivity index (χ1) is 13.0. The van der Waals surface area contributed by atoms with Crippen LogP contribution in [0.15, 0.2) is 39.8 Å². The molecule has 0 radical (unpaired) electrons. The molecule has 0 saturated carbocycles. The second-order valence-electron chi connectivity index (χ2n) is 5.32. The highest BCUT2D eigenvalue weighted by Crippen LogP contribution is 2.22. The molecule has 0 spiro atoms. The molecule has 1 amide bonds. The summed E-state index contributed by atoms with van der Waals surface area (Å²) in [5, 5.41) is 13.5. The van der Waals surface area contributed by atoms with E-state index in [2.05, 4.69) is 20.8 Å². The first kappa shape index (κ1) is 18.0. The monoisotopic (exact) mass is 373 g/mol. The fourth-order valence-electron chi connectivity index (χ4n) is 2.30. The smallest absolute Gasteiger partial charge is 0.411 e. The van der Waals surface area contributed by atoms with Crippen molar-refractivity contribution >= 4 is 28.7 Å². The normalized spacial score (nSPS) is 10.6. The van der Waals surface area contributed by atoms with Crippen molar-refractivity contribution in [2.24, 2.45) is 0 Å². The highest BCUT2D eigenvalue weighted by Gasteiger charge is 2.11.